The quantitative estimate of drug-likeness (QED) is 0.752. The lowest BCUT2D eigenvalue weighted by atomic mass is 10.1. The molecular weight excluding hydrogens is 270 g/mol. The van der Waals surface area contributed by atoms with Gasteiger partial charge in [0.25, 0.3) is 0 Å². The van der Waals surface area contributed by atoms with Crippen molar-refractivity contribution in [3.63, 3.8) is 0 Å². The van der Waals surface area contributed by atoms with E-state index in [2.05, 4.69) is 40.6 Å². The molecule has 1 unspecified atom stereocenters. The average Bonchev–Trinajstić information content (AvgIpc) is 2.91. The molecule has 0 aliphatic carbocycles. The predicted molar refractivity (Wildman–Crippen MR) is 84.3 cm³/mol. The van der Waals surface area contributed by atoms with E-state index in [1.54, 1.807) is 0 Å². The highest BCUT2D eigenvalue weighted by molar-refractivity contribution is 6.30. The van der Waals surface area contributed by atoms with E-state index in [9.17, 15) is 0 Å². The number of aromatic nitrogens is 2. The number of nitrogens with one attached hydrogen (secondary N) is 2. The first-order valence-corrected chi connectivity index (χ1v) is 7.03. The zero-order valence-corrected chi connectivity index (χ0v) is 12.0. The van der Waals surface area contributed by atoms with Gasteiger partial charge >= 0.3 is 0 Å². The van der Waals surface area contributed by atoms with Crippen LogP contribution in [0.15, 0.2) is 48.7 Å². The number of benzene rings is 2. The summed E-state index contributed by atoms with van der Waals surface area (Å²) >= 11 is 5.90. The van der Waals surface area contributed by atoms with Gasteiger partial charge in [-0.1, -0.05) is 35.9 Å². The van der Waals surface area contributed by atoms with Gasteiger partial charge in [-0.25, -0.2) is 0 Å². The lowest BCUT2D eigenvalue weighted by Gasteiger charge is -2.16. The average molecular weight is 286 g/mol. The summed E-state index contributed by atoms with van der Waals surface area (Å²) in [7, 11) is 0. The second-order valence-electron chi connectivity index (χ2n) is 5.02. The number of rotatable bonds is 4. The Labute approximate surface area is 123 Å². The summed E-state index contributed by atoms with van der Waals surface area (Å²) in [6.07, 6.45) is 2.78. The van der Waals surface area contributed by atoms with Crippen molar-refractivity contribution in [2.24, 2.45) is 0 Å². The maximum atomic E-state index is 5.90. The van der Waals surface area contributed by atoms with E-state index in [0.717, 1.165) is 28.0 Å². The Morgan fingerprint density at radius 1 is 1.20 bits per heavy atom. The lowest BCUT2D eigenvalue weighted by molar-refractivity contribution is 0.791. The van der Waals surface area contributed by atoms with Crippen molar-refractivity contribution in [1.82, 2.24) is 10.2 Å². The molecule has 0 aliphatic heterocycles. The van der Waals surface area contributed by atoms with Crippen molar-refractivity contribution in [2.75, 3.05) is 5.32 Å². The third-order valence-corrected chi connectivity index (χ3v) is 3.59. The van der Waals surface area contributed by atoms with Gasteiger partial charge in [-0.3, -0.25) is 5.10 Å². The minimum atomic E-state index is 0.324. The molecule has 2 N–H and O–H groups in total. The van der Waals surface area contributed by atoms with Crippen molar-refractivity contribution < 1.29 is 0 Å². The van der Waals surface area contributed by atoms with Crippen LogP contribution in [0.1, 0.15) is 12.5 Å². The summed E-state index contributed by atoms with van der Waals surface area (Å²) in [6, 6.07) is 14.5. The molecule has 0 saturated carbocycles. The van der Waals surface area contributed by atoms with E-state index in [4.69, 9.17) is 11.6 Å². The van der Waals surface area contributed by atoms with Gasteiger partial charge in [0, 0.05) is 16.5 Å². The fourth-order valence-electron chi connectivity index (χ4n) is 2.38. The maximum Gasteiger partial charge on any atom is 0.0881 e. The number of para-hydroxylation sites is 1. The first-order chi connectivity index (χ1) is 9.72. The minimum absolute atomic E-state index is 0.324. The minimum Gasteiger partial charge on any atom is -0.381 e. The van der Waals surface area contributed by atoms with Gasteiger partial charge in [-0.05, 0) is 37.1 Å². The molecule has 0 spiro atoms. The van der Waals surface area contributed by atoms with Crippen LogP contribution in [-0.4, -0.2) is 16.2 Å². The normalized spacial score (nSPS) is 12.5. The molecule has 0 bridgehead atoms. The lowest BCUT2D eigenvalue weighted by Crippen LogP contribution is -2.18. The van der Waals surface area contributed by atoms with E-state index in [1.807, 2.05) is 30.5 Å². The van der Waals surface area contributed by atoms with Gasteiger partial charge in [0.1, 0.15) is 0 Å². The third kappa shape index (κ3) is 2.78. The summed E-state index contributed by atoms with van der Waals surface area (Å²) in [5.41, 5.74) is 3.41. The molecule has 0 aliphatic rings. The number of nitrogens with zero attached hydrogens (tertiary/aromatic N) is 1. The van der Waals surface area contributed by atoms with Gasteiger partial charge in [-0.15, -0.1) is 0 Å². The second-order valence-corrected chi connectivity index (χ2v) is 5.45. The number of aromatic amines is 1. The van der Waals surface area contributed by atoms with Gasteiger partial charge in [0.05, 0.1) is 17.4 Å². The maximum absolute atomic E-state index is 5.90. The molecule has 0 saturated heterocycles. The molecule has 0 radical (unpaired) electrons. The molecule has 0 fully saturated rings. The van der Waals surface area contributed by atoms with Crippen LogP contribution in [0.25, 0.3) is 10.9 Å². The molecule has 3 rings (SSSR count). The standard InChI is InChI=1S/C16H16ClN3/c1-11(9-12-5-7-14(17)8-6-12)19-15-4-2-3-13-10-18-20-16(13)15/h2-8,10-11,19H,9H2,1H3,(H,18,20). The van der Waals surface area contributed by atoms with Crippen LogP contribution in [0.5, 0.6) is 0 Å². The number of fused-ring (bicyclic) bond motifs is 1. The largest absolute Gasteiger partial charge is 0.381 e. The van der Waals surface area contributed by atoms with Crippen LogP contribution in [0.4, 0.5) is 5.69 Å². The highest BCUT2D eigenvalue weighted by Crippen LogP contribution is 2.22. The van der Waals surface area contributed by atoms with Crippen molar-refractivity contribution in [3.8, 4) is 0 Å². The van der Waals surface area contributed by atoms with Crippen molar-refractivity contribution in [1.29, 1.82) is 0 Å². The van der Waals surface area contributed by atoms with Gasteiger partial charge in [-0.2, -0.15) is 5.10 Å². The molecule has 1 atom stereocenters. The molecule has 1 heterocycles. The van der Waals surface area contributed by atoms with E-state index < -0.39 is 0 Å². The summed E-state index contributed by atoms with van der Waals surface area (Å²) in [5.74, 6) is 0. The first-order valence-electron chi connectivity index (χ1n) is 6.65. The van der Waals surface area contributed by atoms with Gasteiger partial charge < -0.3 is 5.32 Å². The van der Waals surface area contributed by atoms with Crippen molar-refractivity contribution in [3.05, 3.63) is 59.2 Å². The zero-order chi connectivity index (χ0) is 13.9. The smallest absolute Gasteiger partial charge is 0.0881 e. The van der Waals surface area contributed by atoms with Crippen LogP contribution in [0.3, 0.4) is 0 Å². The first kappa shape index (κ1) is 13.0. The molecule has 3 aromatic rings. The molecule has 102 valence electrons. The zero-order valence-electron chi connectivity index (χ0n) is 11.2. The molecule has 0 amide bonds. The van der Waals surface area contributed by atoms with Crippen molar-refractivity contribution in [2.45, 2.75) is 19.4 Å². The Morgan fingerprint density at radius 3 is 2.80 bits per heavy atom. The van der Waals surface area contributed by atoms with E-state index in [1.165, 1.54) is 5.56 Å². The predicted octanol–water partition coefficient (Wildman–Crippen LogP) is 4.26. The molecular formula is C16H16ClN3. The fourth-order valence-corrected chi connectivity index (χ4v) is 2.51. The van der Waals surface area contributed by atoms with E-state index in [-0.39, 0.29) is 0 Å². The Hall–Kier alpha value is -2.00. The Morgan fingerprint density at radius 2 is 2.00 bits per heavy atom. The van der Waals surface area contributed by atoms with Crippen LogP contribution >= 0.6 is 11.6 Å². The molecule has 4 heteroatoms. The van der Waals surface area contributed by atoms with Gasteiger partial charge in [0.15, 0.2) is 0 Å². The Balaban J connectivity index is 1.74. The Kier molecular flexibility index (Phi) is 3.61. The molecule has 1 aromatic heterocycles. The molecule has 3 nitrogen and oxygen atoms in total. The number of anilines is 1. The topological polar surface area (TPSA) is 40.7 Å². The van der Waals surface area contributed by atoms with Gasteiger partial charge in [0.2, 0.25) is 0 Å². The number of H-pyrrole nitrogens is 1. The summed E-state index contributed by atoms with van der Waals surface area (Å²) in [4.78, 5) is 0. The van der Waals surface area contributed by atoms with Crippen molar-refractivity contribution >= 4 is 28.2 Å². The summed E-state index contributed by atoms with van der Waals surface area (Å²) in [6.45, 7) is 2.17. The third-order valence-electron chi connectivity index (χ3n) is 3.33. The number of halogens is 1. The van der Waals surface area contributed by atoms with E-state index >= 15 is 0 Å². The monoisotopic (exact) mass is 285 g/mol. The number of hydrogen-bond acceptors (Lipinski definition) is 2. The van der Waals surface area contributed by atoms with Crippen LogP contribution < -0.4 is 5.32 Å². The molecule has 20 heavy (non-hydrogen) atoms. The SMILES string of the molecule is CC(Cc1ccc(Cl)cc1)Nc1cccc2cn[nH]c12. The second kappa shape index (κ2) is 5.55. The van der Waals surface area contributed by atoms with Crippen LogP contribution in [-0.2, 0) is 6.42 Å². The highest BCUT2D eigenvalue weighted by atomic mass is 35.5. The molecule has 2 aromatic carbocycles. The summed E-state index contributed by atoms with van der Waals surface area (Å²) < 4.78 is 0. The number of hydrogen-bond donors (Lipinski definition) is 2. The Bertz CT molecular complexity index is 703. The van der Waals surface area contributed by atoms with E-state index in [0.29, 0.717) is 6.04 Å². The highest BCUT2D eigenvalue weighted by Gasteiger charge is 2.07. The summed E-state index contributed by atoms with van der Waals surface area (Å²) in [5, 5.41) is 12.5. The fraction of sp³-hybridized carbons (Fsp3) is 0.188. The van der Waals surface area contributed by atoms with Crippen LogP contribution in [0.2, 0.25) is 5.02 Å². The van der Waals surface area contributed by atoms with Crippen LogP contribution in [0, 0.1) is 0 Å².